The van der Waals surface area contributed by atoms with E-state index in [0.29, 0.717) is 12.5 Å². The molecule has 0 bridgehead atoms. The summed E-state index contributed by atoms with van der Waals surface area (Å²) >= 11 is 0. The Morgan fingerprint density at radius 1 is 0.714 bits per heavy atom. The summed E-state index contributed by atoms with van der Waals surface area (Å²) in [6.45, 7) is 7.09. The van der Waals surface area contributed by atoms with Crippen molar-refractivity contribution in [3.63, 3.8) is 0 Å². The number of aliphatic hydroxyl groups is 1. The van der Waals surface area contributed by atoms with Gasteiger partial charge < -0.3 is 10.4 Å². The summed E-state index contributed by atoms with van der Waals surface area (Å²) in [7, 11) is 0. The first-order chi connectivity index (χ1) is 10.3. The highest BCUT2D eigenvalue weighted by atomic mass is 16.3. The average Bonchev–Trinajstić information content (AvgIpc) is 2.48. The van der Waals surface area contributed by atoms with Crippen molar-refractivity contribution in [2.24, 2.45) is 5.92 Å². The highest BCUT2D eigenvalue weighted by Gasteiger charge is 2.05. The maximum Gasteiger partial charge on any atom is 0.0434 e. The summed E-state index contributed by atoms with van der Waals surface area (Å²) < 4.78 is 0. The lowest BCUT2D eigenvalue weighted by Gasteiger charge is -2.15. The first-order valence-electron chi connectivity index (χ1n) is 9.66. The molecule has 2 heteroatoms. The zero-order valence-electron chi connectivity index (χ0n) is 14.8. The van der Waals surface area contributed by atoms with Crippen LogP contribution in [-0.2, 0) is 0 Å². The lowest BCUT2D eigenvalue weighted by molar-refractivity contribution is 0.248. The molecule has 0 fully saturated rings. The molecule has 21 heavy (non-hydrogen) atoms. The van der Waals surface area contributed by atoms with E-state index in [0.717, 1.165) is 19.5 Å². The van der Waals surface area contributed by atoms with E-state index in [1.807, 2.05) is 0 Å². The largest absolute Gasteiger partial charge is 0.396 e. The van der Waals surface area contributed by atoms with Gasteiger partial charge in [-0.25, -0.2) is 0 Å². The smallest absolute Gasteiger partial charge is 0.0434 e. The quantitative estimate of drug-likeness (QED) is 0.357. The Hall–Kier alpha value is -0.0800. The van der Waals surface area contributed by atoms with Crippen LogP contribution in [0.2, 0.25) is 0 Å². The highest BCUT2D eigenvalue weighted by Crippen LogP contribution is 2.11. The normalized spacial score (nSPS) is 12.7. The number of aliphatic hydroxyl groups excluding tert-OH is 1. The minimum Gasteiger partial charge on any atom is -0.396 e. The number of unbranched alkanes of at least 4 members (excludes halogenated alkanes) is 9. The maximum atomic E-state index is 9.03. The summed E-state index contributed by atoms with van der Waals surface area (Å²) in [4.78, 5) is 0. The van der Waals surface area contributed by atoms with E-state index in [2.05, 4.69) is 19.2 Å². The van der Waals surface area contributed by atoms with Crippen LogP contribution < -0.4 is 5.32 Å². The molecule has 0 radical (unpaired) electrons. The van der Waals surface area contributed by atoms with E-state index in [1.54, 1.807) is 0 Å². The molecule has 0 heterocycles. The summed E-state index contributed by atoms with van der Waals surface area (Å²) in [6, 6.07) is 0. The molecule has 0 saturated heterocycles. The molecular weight excluding hydrogens is 258 g/mol. The maximum absolute atomic E-state index is 9.03. The van der Waals surface area contributed by atoms with Gasteiger partial charge in [0, 0.05) is 6.61 Å². The summed E-state index contributed by atoms with van der Waals surface area (Å²) in [5.74, 6) is 0.670. The van der Waals surface area contributed by atoms with Crippen LogP contribution in [0.1, 0.15) is 97.3 Å². The third kappa shape index (κ3) is 16.1. The van der Waals surface area contributed by atoms with E-state index in [4.69, 9.17) is 5.11 Å². The van der Waals surface area contributed by atoms with Crippen LogP contribution in [0.25, 0.3) is 0 Å². The zero-order chi connectivity index (χ0) is 15.6. The number of rotatable bonds is 17. The molecular formula is C19H41NO. The molecule has 0 rings (SSSR count). The predicted octanol–water partition coefficient (Wildman–Crippen LogP) is 5.30. The van der Waals surface area contributed by atoms with Crippen LogP contribution in [0.5, 0.6) is 0 Å². The van der Waals surface area contributed by atoms with Crippen molar-refractivity contribution in [3.8, 4) is 0 Å². The molecule has 0 aromatic carbocycles. The van der Waals surface area contributed by atoms with Gasteiger partial charge >= 0.3 is 0 Å². The van der Waals surface area contributed by atoms with Gasteiger partial charge in [-0.05, 0) is 38.3 Å². The highest BCUT2D eigenvalue weighted by molar-refractivity contribution is 4.62. The van der Waals surface area contributed by atoms with E-state index in [1.165, 1.54) is 77.0 Å². The van der Waals surface area contributed by atoms with E-state index < -0.39 is 0 Å². The van der Waals surface area contributed by atoms with Crippen molar-refractivity contribution >= 4 is 0 Å². The van der Waals surface area contributed by atoms with Crippen molar-refractivity contribution in [3.05, 3.63) is 0 Å². The minimum absolute atomic E-state index is 0.338. The van der Waals surface area contributed by atoms with E-state index >= 15 is 0 Å². The summed E-state index contributed by atoms with van der Waals surface area (Å²) in [5.41, 5.74) is 0. The second-order valence-corrected chi connectivity index (χ2v) is 6.55. The first-order valence-corrected chi connectivity index (χ1v) is 9.66. The Kier molecular flexibility index (Phi) is 17.9. The van der Waals surface area contributed by atoms with Gasteiger partial charge in [0.25, 0.3) is 0 Å². The van der Waals surface area contributed by atoms with E-state index in [9.17, 15) is 0 Å². The van der Waals surface area contributed by atoms with Crippen LogP contribution in [0.4, 0.5) is 0 Å². The molecule has 1 atom stereocenters. The fraction of sp³-hybridized carbons (Fsp3) is 1.00. The molecule has 0 aliphatic heterocycles. The summed E-state index contributed by atoms with van der Waals surface area (Å²) in [6.07, 6.45) is 17.5. The zero-order valence-corrected chi connectivity index (χ0v) is 14.8. The molecule has 0 amide bonds. The van der Waals surface area contributed by atoms with Crippen molar-refractivity contribution in [2.75, 3.05) is 19.7 Å². The Bertz CT molecular complexity index is 178. The molecule has 0 aliphatic rings. The lowest BCUT2D eigenvalue weighted by atomic mass is 10.0. The number of hydrogen-bond donors (Lipinski definition) is 2. The standard InChI is InChI=1S/C19H41NO/c1-3-5-6-7-8-9-10-11-12-13-16-20-18-19(14-4-2)15-17-21/h19-21H,3-18H2,1-2H3. The second kappa shape index (κ2) is 18.0. The third-order valence-corrected chi connectivity index (χ3v) is 4.37. The van der Waals surface area contributed by atoms with Crippen molar-refractivity contribution in [1.29, 1.82) is 0 Å². The molecule has 0 aromatic rings. The van der Waals surface area contributed by atoms with Crippen LogP contribution >= 0.6 is 0 Å². The Labute approximate surface area is 134 Å². The Morgan fingerprint density at radius 2 is 1.29 bits per heavy atom. The molecule has 0 aliphatic carbocycles. The summed E-state index contributed by atoms with van der Waals surface area (Å²) in [5, 5.41) is 12.6. The monoisotopic (exact) mass is 299 g/mol. The van der Waals surface area contributed by atoms with Crippen LogP contribution in [0, 0.1) is 5.92 Å². The van der Waals surface area contributed by atoms with Gasteiger partial charge in [0.1, 0.15) is 0 Å². The van der Waals surface area contributed by atoms with Crippen molar-refractivity contribution in [2.45, 2.75) is 97.3 Å². The average molecular weight is 300 g/mol. The molecule has 0 saturated carbocycles. The van der Waals surface area contributed by atoms with Gasteiger partial charge in [-0.2, -0.15) is 0 Å². The van der Waals surface area contributed by atoms with E-state index in [-0.39, 0.29) is 0 Å². The van der Waals surface area contributed by atoms with Crippen molar-refractivity contribution < 1.29 is 5.11 Å². The minimum atomic E-state index is 0.338. The van der Waals surface area contributed by atoms with Gasteiger partial charge in [0.2, 0.25) is 0 Å². The molecule has 1 unspecified atom stereocenters. The Morgan fingerprint density at radius 3 is 1.81 bits per heavy atom. The molecule has 2 N–H and O–H groups in total. The van der Waals surface area contributed by atoms with Gasteiger partial charge in [-0.3, -0.25) is 0 Å². The SMILES string of the molecule is CCCCCCCCCCCCNCC(CCC)CCO. The van der Waals surface area contributed by atoms with Crippen LogP contribution in [0.3, 0.4) is 0 Å². The van der Waals surface area contributed by atoms with Gasteiger partial charge in [0.15, 0.2) is 0 Å². The van der Waals surface area contributed by atoms with Crippen LogP contribution in [-0.4, -0.2) is 24.8 Å². The fourth-order valence-electron chi connectivity index (χ4n) is 2.98. The van der Waals surface area contributed by atoms with Gasteiger partial charge in [-0.1, -0.05) is 78.1 Å². The van der Waals surface area contributed by atoms with Gasteiger partial charge in [0.05, 0.1) is 0 Å². The van der Waals surface area contributed by atoms with Crippen LogP contribution in [0.15, 0.2) is 0 Å². The van der Waals surface area contributed by atoms with Crippen molar-refractivity contribution in [1.82, 2.24) is 5.32 Å². The fourth-order valence-corrected chi connectivity index (χ4v) is 2.98. The number of hydrogen-bond acceptors (Lipinski definition) is 2. The first kappa shape index (κ1) is 20.9. The molecule has 0 spiro atoms. The Balaban J connectivity index is 3.17. The topological polar surface area (TPSA) is 32.3 Å². The predicted molar refractivity (Wildman–Crippen MR) is 94.8 cm³/mol. The number of nitrogens with one attached hydrogen (secondary N) is 1. The lowest BCUT2D eigenvalue weighted by Crippen LogP contribution is -2.24. The second-order valence-electron chi connectivity index (χ2n) is 6.55. The van der Waals surface area contributed by atoms with Gasteiger partial charge in [-0.15, -0.1) is 0 Å². The molecule has 0 aromatic heterocycles. The third-order valence-electron chi connectivity index (χ3n) is 4.37. The molecule has 2 nitrogen and oxygen atoms in total. The molecule has 128 valence electrons.